The fraction of sp³-hybridized carbons (Fsp3) is 0.786. The molecular weight excluding hydrogens is 412 g/mol. The van der Waals surface area contributed by atoms with E-state index >= 15 is 0 Å². The Kier molecular flexibility index (Phi) is 7.56. The average molecular weight is 453 g/mol. The van der Waals surface area contributed by atoms with Crippen LogP contribution in [0.1, 0.15) is 119 Å². The van der Waals surface area contributed by atoms with Gasteiger partial charge in [0.25, 0.3) is 0 Å². The number of hydrogen-bond donors (Lipinski definition) is 0. The Morgan fingerprint density at radius 2 is 1.47 bits per heavy atom. The zero-order valence-corrected chi connectivity index (χ0v) is 19.7. The Morgan fingerprint density at radius 3 is 2.12 bits per heavy atom. The molecular formula is C28H40F4. The van der Waals surface area contributed by atoms with Crippen molar-refractivity contribution in [3.63, 3.8) is 0 Å². The number of benzene rings is 1. The molecule has 0 N–H and O–H groups in total. The Labute approximate surface area is 191 Å². The molecule has 2 fully saturated rings. The molecule has 0 spiro atoms. The zero-order chi connectivity index (χ0) is 22.8. The number of alkyl halides is 4. The first kappa shape index (κ1) is 24.1. The number of hydrogen-bond acceptors (Lipinski definition) is 0. The largest absolute Gasteiger partial charge is 0.335 e. The van der Waals surface area contributed by atoms with Gasteiger partial charge in [-0.05, 0) is 79.7 Å². The van der Waals surface area contributed by atoms with Crippen molar-refractivity contribution in [1.29, 1.82) is 0 Å². The Balaban J connectivity index is 1.27. The minimum Gasteiger partial charge on any atom is -0.199 e. The van der Waals surface area contributed by atoms with Gasteiger partial charge in [-0.15, -0.1) is 0 Å². The van der Waals surface area contributed by atoms with Gasteiger partial charge in [-0.3, -0.25) is 0 Å². The van der Waals surface area contributed by atoms with Crippen molar-refractivity contribution in [2.24, 2.45) is 17.8 Å². The monoisotopic (exact) mass is 452 g/mol. The highest BCUT2D eigenvalue weighted by Gasteiger charge is 2.59. The second kappa shape index (κ2) is 10.1. The molecule has 0 amide bonds. The number of aryl methyl sites for hydroxylation is 1. The van der Waals surface area contributed by atoms with E-state index in [0.717, 1.165) is 36.2 Å². The van der Waals surface area contributed by atoms with Crippen molar-refractivity contribution < 1.29 is 17.6 Å². The second-order valence-electron chi connectivity index (χ2n) is 10.9. The molecule has 0 radical (unpaired) electrons. The minimum atomic E-state index is -4.05. The van der Waals surface area contributed by atoms with Crippen LogP contribution in [0.3, 0.4) is 0 Å². The van der Waals surface area contributed by atoms with Gasteiger partial charge in [0, 0.05) is 12.0 Å². The predicted molar refractivity (Wildman–Crippen MR) is 123 cm³/mol. The number of unbranched alkanes of at least 4 members (excludes halogenated alkanes) is 3. The fourth-order valence-electron chi connectivity index (χ4n) is 6.76. The lowest BCUT2D eigenvalue weighted by Crippen LogP contribution is -2.42. The first-order valence-corrected chi connectivity index (χ1v) is 13.2. The van der Waals surface area contributed by atoms with Crippen LogP contribution < -0.4 is 0 Å². The van der Waals surface area contributed by atoms with Crippen molar-refractivity contribution in [3.05, 3.63) is 34.9 Å². The van der Waals surface area contributed by atoms with Gasteiger partial charge in [-0.25, -0.2) is 0 Å². The summed E-state index contributed by atoms with van der Waals surface area (Å²) in [6.45, 7) is 2.27. The van der Waals surface area contributed by atoms with Crippen LogP contribution in [0.2, 0.25) is 0 Å². The number of fused-ring (bicyclic) bond motifs is 1. The van der Waals surface area contributed by atoms with Gasteiger partial charge in [0.1, 0.15) is 0 Å². The van der Waals surface area contributed by atoms with E-state index in [9.17, 15) is 17.6 Å². The lowest BCUT2D eigenvalue weighted by Gasteiger charge is -2.38. The van der Waals surface area contributed by atoms with Crippen LogP contribution in [-0.4, -0.2) is 5.92 Å². The standard InChI is InChI=1S/C28H40F4/c1-2-3-4-5-6-20-7-9-21(10-8-20)22-11-13-23(14-12-22)24-15-16-26-25(19-24)17-18-27(29,30)28(26,31)32/h15-16,19-23H,2-14,17-18H2,1H3. The maximum atomic E-state index is 14.2. The van der Waals surface area contributed by atoms with Crippen LogP contribution in [0.4, 0.5) is 17.6 Å². The van der Waals surface area contributed by atoms with Crippen molar-refractivity contribution >= 4 is 0 Å². The molecule has 4 rings (SSSR count). The third-order valence-corrected chi connectivity index (χ3v) is 8.90. The molecule has 1 aromatic rings. The van der Waals surface area contributed by atoms with Gasteiger partial charge in [-0.2, -0.15) is 17.6 Å². The molecule has 0 atom stereocenters. The van der Waals surface area contributed by atoms with Crippen LogP contribution in [0, 0.1) is 17.8 Å². The van der Waals surface area contributed by atoms with Gasteiger partial charge < -0.3 is 0 Å². The van der Waals surface area contributed by atoms with E-state index in [2.05, 4.69) is 6.92 Å². The molecule has 32 heavy (non-hydrogen) atoms. The van der Waals surface area contributed by atoms with E-state index in [-0.39, 0.29) is 6.42 Å². The van der Waals surface area contributed by atoms with Crippen LogP contribution in [0.25, 0.3) is 0 Å². The topological polar surface area (TPSA) is 0 Å². The first-order chi connectivity index (χ1) is 15.3. The molecule has 2 saturated carbocycles. The van der Waals surface area contributed by atoms with E-state index in [1.54, 1.807) is 6.07 Å². The van der Waals surface area contributed by atoms with E-state index < -0.39 is 23.8 Å². The Hall–Kier alpha value is -1.06. The summed E-state index contributed by atoms with van der Waals surface area (Å²) in [5.74, 6) is -4.97. The number of rotatable bonds is 7. The van der Waals surface area contributed by atoms with Crippen molar-refractivity contribution in [1.82, 2.24) is 0 Å². The van der Waals surface area contributed by atoms with E-state index in [0.29, 0.717) is 11.5 Å². The lowest BCUT2D eigenvalue weighted by molar-refractivity contribution is -0.224. The summed E-state index contributed by atoms with van der Waals surface area (Å²) in [7, 11) is 0. The Morgan fingerprint density at radius 1 is 0.812 bits per heavy atom. The third-order valence-electron chi connectivity index (χ3n) is 8.90. The third kappa shape index (κ3) is 5.04. The average Bonchev–Trinajstić information content (AvgIpc) is 2.80. The predicted octanol–water partition coefficient (Wildman–Crippen LogP) is 9.41. The summed E-state index contributed by atoms with van der Waals surface area (Å²) >= 11 is 0. The molecule has 0 aromatic heterocycles. The maximum absolute atomic E-state index is 14.2. The van der Waals surface area contributed by atoms with Crippen molar-refractivity contribution in [3.8, 4) is 0 Å². The summed E-state index contributed by atoms with van der Waals surface area (Å²) in [4.78, 5) is 0. The highest BCUT2D eigenvalue weighted by atomic mass is 19.3. The molecule has 4 heteroatoms. The van der Waals surface area contributed by atoms with Gasteiger partial charge in [0.15, 0.2) is 0 Å². The summed E-state index contributed by atoms with van der Waals surface area (Å²) < 4.78 is 55.8. The molecule has 0 heterocycles. The summed E-state index contributed by atoms with van der Waals surface area (Å²) in [5.41, 5.74) is 1.05. The minimum absolute atomic E-state index is 0.0444. The molecule has 0 saturated heterocycles. The first-order valence-electron chi connectivity index (χ1n) is 13.2. The summed E-state index contributed by atoms with van der Waals surface area (Å²) in [5, 5.41) is 0. The molecule has 3 aliphatic rings. The van der Waals surface area contributed by atoms with Crippen LogP contribution in [-0.2, 0) is 12.3 Å². The van der Waals surface area contributed by atoms with Crippen LogP contribution >= 0.6 is 0 Å². The lowest BCUT2D eigenvalue weighted by atomic mass is 9.67. The highest BCUT2D eigenvalue weighted by molar-refractivity contribution is 5.40. The van der Waals surface area contributed by atoms with Gasteiger partial charge >= 0.3 is 11.8 Å². The van der Waals surface area contributed by atoms with Gasteiger partial charge in [0.2, 0.25) is 0 Å². The highest BCUT2D eigenvalue weighted by Crippen LogP contribution is 2.51. The molecule has 3 aliphatic carbocycles. The smallest absolute Gasteiger partial charge is 0.199 e. The molecule has 0 aliphatic heterocycles. The maximum Gasteiger partial charge on any atom is 0.335 e. The Bertz CT molecular complexity index is 740. The summed E-state index contributed by atoms with van der Waals surface area (Å²) in [6, 6.07) is 4.79. The van der Waals surface area contributed by atoms with Crippen LogP contribution in [0.5, 0.6) is 0 Å². The van der Waals surface area contributed by atoms with E-state index in [1.165, 1.54) is 76.7 Å². The normalized spacial score (nSPS) is 31.8. The van der Waals surface area contributed by atoms with Gasteiger partial charge in [0.05, 0.1) is 0 Å². The van der Waals surface area contributed by atoms with Crippen molar-refractivity contribution in [2.75, 3.05) is 0 Å². The van der Waals surface area contributed by atoms with Gasteiger partial charge in [-0.1, -0.05) is 70.1 Å². The molecule has 1 aromatic carbocycles. The SMILES string of the molecule is CCCCCCC1CCC(C2CCC(c3ccc4c(c3)CCC(F)(F)C4(F)F)CC2)CC1. The molecule has 0 bridgehead atoms. The molecule has 0 nitrogen and oxygen atoms in total. The number of halogens is 4. The van der Waals surface area contributed by atoms with E-state index in [4.69, 9.17) is 0 Å². The van der Waals surface area contributed by atoms with Crippen LogP contribution in [0.15, 0.2) is 18.2 Å². The molecule has 180 valence electrons. The van der Waals surface area contributed by atoms with E-state index in [1.807, 2.05) is 6.07 Å². The molecule has 0 unspecified atom stereocenters. The second-order valence-corrected chi connectivity index (χ2v) is 10.9. The quantitative estimate of drug-likeness (QED) is 0.285. The summed E-state index contributed by atoms with van der Waals surface area (Å²) in [6.07, 6.45) is 16.4. The zero-order valence-electron chi connectivity index (χ0n) is 19.7. The fourth-order valence-corrected chi connectivity index (χ4v) is 6.76. The van der Waals surface area contributed by atoms with Crippen molar-refractivity contribution in [2.45, 2.75) is 121 Å².